The minimum Gasteiger partial charge on any atom is -0.439 e. The Morgan fingerprint density at radius 1 is 1.17 bits per heavy atom. The Morgan fingerprint density at radius 2 is 1.93 bits per heavy atom. The highest BCUT2D eigenvalue weighted by atomic mass is 16.5. The molecule has 10 heteroatoms. The van der Waals surface area contributed by atoms with Crippen LogP contribution in [-0.4, -0.2) is 59.2 Å². The second-order valence-electron chi connectivity index (χ2n) is 6.53. The van der Waals surface area contributed by atoms with Gasteiger partial charge in [-0.3, -0.25) is 4.79 Å². The van der Waals surface area contributed by atoms with E-state index in [1.165, 1.54) is 0 Å². The molecule has 0 unspecified atom stereocenters. The second kappa shape index (κ2) is 8.70. The van der Waals surface area contributed by atoms with Gasteiger partial charge in [-0.05, 0) is 18.2 Å². The number of rotatable bonds is 5. The number of amides is 1. The highest BCUT2D eigenvalue weighted by Gasteiger charge is 2.18. The van der Waals surface area contributed by atoms with Crippen LogP contribution in [0.2, 0.25) is 0 Å². The molecule has 1 aromatic carbocycles. The van der Waals surface area contributed by atoms with Crippen molar-refractivity contribution in [2.75, 3.05) is 44.0 Å². The summed E-state index contributed by atoms with van der Waals surface area (Å²) in [5.41, 5.74) is 7.38. The van der Waals surface area contributed by atoms with Gasteiger partial charge in [0, 0.05) is 49.7 Å². The summed E-state index contributed by atoms with van der Waals surface area (Å²) in [5.74, 6) is 1.33. The highest BCUT2D eigenvalue weighted by Crippen LogP contribution is 2.27. The summed E-state index contributed by atoms with van der Waals surface area (Å²) in [6, 6.07) is 8.57. The third-order valence-corrected chi connectivity index (χ3v) is 4.50. The van der Waals surface area contributed by atoms with E-state index in [2.05, 4.69) is 25.3 Å². The monoisotopic (exact) mass is 407 g/mol. The molecule has 1 saturated heterocycles. The lowest BCUT2D eigenvalue weighted by molar-refractivity contribution is 0.0962. The molecule has 154 valence electrons. The number of nitrogens with one attached hydrogen (secondary N) is 1. The molecule has 0 aliphatic carbocycles. The average molecular weight is 407 g/mol. The molecule has 0 bridgehead atoms. The molecule has 3 N–H and O–H groups in total. The van der Waals surface area contributed by atoms with Crippen molar-refractivity contribution in [3.8, 4) is 22.9 Å². The first-order valence-electron chi connectivity index (χ1n) is 9.42. The van der Waals surface area contributed by atoms with Crippen LogP contribution < -0.4 is 20.7 Å². The molecule has 30 heavy (non-hydrogen) atoms. The van der Waals surface area contributed by atoms with Crippen LogP contribution in [-0.2, 0) is 4.74 Å². The van der Waals surface area contributed by atoms with Crippen LogP contribution in [0.1, 0.15) is 10.4 Å². The number of benzene rings is 1. The largest absolute Gasteiger partial charge is 0.439 e. The standard InChI is InChI=1S/C20H21N7O3/c1-22-18(28)13-3-2-4-15(9-13)30-17-10-16(14-11-23-19(21)24-12-14)25-20(26-17)27-5-7-29-8-6-27/h2-4,9-12H,5-8H2,1H3,(H,22,28)(H2,21,23,24). The van der Waals surface area contributed by atoms with E-state index in [0.29, 0.717) is 60.7 Å². The number of nitrogen functional groups attached to an aromatic ring is 1. The van der Waals surface area contributed by atoms with E-state index in [0.717, 1.165) is 0 Å². The molecule has 4 rings (SSSR count). The van der Waals surface area contributed by atoms with Gasteiger partial charge >= 0.3 is 0 Å². The van der Waals surface area contributed by atoms with Crippen molar-refractivity contribution in [2.24, 2.45) is 0 Å². The summed E-state index contributed by atoms with van der Waals surface area (Å²) in [6.07, 6.45) is 3.20. The highest BCUT2D eigenvalue weighted by molar-refractivity contribution is 5.94. The second-order valence-corrected chi connectivity index (χ2v) is 6.53. The van der Waals surface area contributed by atoms with Crippen LogP contribution in [0.25, 0.3) is 11.3 Å². The predicted molar refractivity (Wildman–Crippen MR) is 110 cm³/mol. The van der Waals surface area contributed by atoms with Crippen molar-refractivity contribution in [3.05, 3.63) is 48.3 Å². The van der Waals surface area contributed by atoms with E-state index < -0.39 is 0 Å². The lowest BCUT2D eigenvalue weighted by Gasteiger charge is -2.27. The fourth-order valence-corrected chi connectivity index (χ4v) is 2.95. The number of nitrogens with zero attached hydrogens (tertiary/aromatic N) is 5. The maximum absolute atomic E-state index is 11.9. The van der Waals surface area contributed by atoms with Gasteiger partial charge in [0.25, 0.3) is 5.91 Å². The molecule has 3 heterocycles. The van der Waals surface area contributed by atoms with Gasteiger partial charge < -0.3 is 25.4 Å². The zero-order valence-electron chi connectivity index (χ0n) is 16.4. The Hall–Kier alpha value is -3.79. The minimum atomic E-state index is -0.197. The minimum absolute atomic E-state index is 0.184. The predicted octanol–water partition coefficient (Wildman–Crippen LogP) is 1.50. The molecular weight excluding hydrogens is 386 g/mol. The first kappa shape index (κ1) is 19.5. The zero-order chi connectivity index (χ0) is 20.9. The van der Waals surface area contributed by atoms with Crippen LogP contribution >= 0.6 is 0 Å². The van der Waals surface area contributed by atoms with Crippen LogP contribution in [0.4, 0.5) is 11.9 Å². The first-order chi connectivity index (χ1) is 14.6. The Morgan fingerprint density at radius 3 is 2.67 bits per heavy atom. The molecule has 0 radical (unpaired) electrons. The summed E-state index contributed by atoms with van der Waals surface area (Å²) in [5, 5.41) is 2.60. The van der Waals surface area contributed by atoms with Gasteiger partial charge in [-0.15, -0.1) is 0 Å². The molecule has 1 aliphatic heterocycles. The van der Waals surface area contributed by atoms with Gasteiger partial charge in [0.05, 0.1) is 18.9 Å². The third-order valence-electron chi connectivity index (χ3n) is 4.50. The van der Waals surface area contributed by atoms with Crippen LogP contribution in [0.3, 0.4) is 0 Å². The quantitative estimate of drug-likeness (QED) is 0.646. The van der Waals surface area contributed by atoms with Gasteiger partial charge in [-0.1, -0.05) is 6.07 Å². The summed E-state index contributed by atoms with van der Waals surface area (Å²) in [4.78, 5) is 31.2. The first-order valence-corrected chi connectivity index (χ1v) is 9.42. The van der Waals surface area contributed by atoms with Gasteiger partial charge in [-0.2, -0.15) is 4.98 Å². The number of aromatic nitrogens is 4. The molecule has 1 aliphatic rings. The number of ether oxygens (including phenoxy) is 2. The normalized spacial score (nSPS) is 13.7. The SMILES string of the molecule is CNC(=O)c1cccc(Oc2cc(-c3cnc(N)nc3)nc(N3CCOCC3)n2)c1. The Balaban J connectivity index is 1.70. The number of hydrogen-bond acceptors (Lipinski definition) is 9. The van der Waals surface area contributed by atoms with E-state index in [4.69, 9.17) is 15.2 Å². The molecule has 3 aromatic rings. The summed E-state index contributed by atoms with van der Waals surface area (Å²) < 4.78 is 11.4. The smallest absolute Gasteiger partial charge is 0.251 e. The fourth-order valence-electron chi connectivity index (χ4n) is 2.95. The summed E-state index contributed by atoms with van der Waals surface area (Å²) in [6.45, 7) is 2.55. The lowest BCUT2D eigenvalue weighted by atomic mass is 10.2. The maximum atomic E-state index is 11.9. The molecule has 10 nitrogen and oxygen atoms in total. The van der Waals surface area contributed by atoms with Crippen molar-refractivity contribution in [1.29, 1.82) is 0 Å². The number of morpholine rings is 1. The molecule has 0 saturated carbocycles. The van der Waals surface area contributed by atoms with Gasteiger partial charge in [-0.25, -0.2) is 15.0 Å². The maximum Gasteiger partial charge on any atom is 0.251 e. The van der Waals surface area contributed by atoms with Crippen LogP contribution in [0, 0.1) is 0 Å². The van der Waals surface area contributed by atoms with E-state index >= 15 is 0 Å². The fraction of sp³-hybridized carbons (Fsp3) is 0.250. The van der Waals surface area contributed by atoms with Crippen LogP contribution in [0.5, 0.6) is 11.6 Å². The van der Waals surface area contributed by atoms with Crippen LogP contribution in [0.15, 0.2) is 42.7 Å². The molecular formula is C20H21N7O3. The van der Waals surface area contributed by atoms with E-state index in [9.17, 15) is 4.79 Å². The van der Waals surface area contributed by atoms with Gasteiger partial charge in [0.15, 0.2) is 0 Å². The number of anilines is 2. The van der Waals surface area contributed by atoms with Gasteiger partial charge in [0.1, 0.15) is 5.75 Å². The number of carbonyl (C=O) groups is 1. The van der Waals surface area contributed by atoms with Crippen molar-refractivity contribution >= 4 is 17.8 Å². The third kappa shape index (κ3) is 4.44. The zero-order valence-corrected chi connectivity index (χ0v) is 16.4. The van der Waals surface area contributed by atoms with E-state index in [-0.39, 0.29) is 11.9 Å². The molecule has 1 fully saturated rings. The lowest BCUT2D eigenvalue weighted by Crippen LogP contribution is -2.37. The number of nitrogens with two attached hydrogens (primary N) is 1. The van der Waals surface area contributed by atoms with Crippen molar-refractivity contribution < 1.29 is 14.3 Å². The Kier molecular flexibility index (Phi) is 5.66. The van der Waals surface area contributed by atoms with Crippen molar-refractivity contribution in [2.45, 2.75) is 0 Å². The van der Waals surface area contributed by atoms with E-state index in [1.807, 2.05) is 4.90 Å². The molecule has 0 spiro atoms. The number of hydrogen-bond donors (Lipinski definition) is 2. The van der Waals surface area contributed by atoms with Gasteiger partial charge in [0.2, 0.25) is 17.8 Å². The topological polar surface area (TPSA) is 128 Å². The average Bonchev–Trinajstić information content (AvgIpc) is 2.79. The number of carbonyl (C=O) groups excluding carboxylic acids is 1. The molecule has 0 atom stereocenters. The summed E-state index contributed by atoms with van der Waals surface area (Å²) >= 11 is 0. The van der Waals surface area contributed by atoms with Crippen molar-refractivity contribution in [3.63, 3.8) is 0 Å². The molecule has 2 aromatic heterocycles. The summed E-state index contributed by atoms with van der Waals surface area (Å²) in [7, 11) is 1.58. The molecule has 1 amide bonds. The van der Waals surface area contributed by atoms with E-state index in [1.54, 1.807) is 49.8 Å². The Labute approximate surface area is 173 Å². The Bertz CT molecular complexity index is 1040. The van der Waals surface area contributed by atoms with Crippen molar-refractivity contribution in [1.82, 2.24) is 25.3 Å².